The quantitative estimate of drug-likeness (QED) is 0.837. The highest BCUT2D eigenvalue weighted by atomic mass is 16.3. The van der Waals surface area contributed by atoms with Crippen molar-refractivity contribution < 1.29 is 5.11 Å². The molecule has 1 fully saturated rings. The maximum atomic E-state index is 9.32. The Morgan fingerprint density at radius 1 is 1.41 bits per heavy atom. The SMILES string of the molecule is CC(C)c1ccccc1N1CCC(N)(CO)C1. The average molecular weight is 234 g/mol. The van der Waals surface area contributed by atoms with Gasteiger partial charge in [-0.25, -0.2) is 0 Å². The molecule has 1 aromatic carbocycles. The molecule has 3 N–H and O–H groups in total. The lowest BCUT2D eigenvalue weighted by Crippen LogP contribution is -2.46. The second-order valence-corrected chi connectivity index (χ2v) is 5.41. The van der Waals surface area contributed by atoms with Crippen LogP contribution in [0.15, 0.2) is 24.3 Å². The second-order valence-electron chi connectivity index (χ2n) is 5.41. The van der Waals surface area contributed by atoms with Crippen molar-refractivity contribution in [2.45, 2.75) is 31.7 Å². The van der Waals surface area contributed by atoms with Gasteiger partial charge in [-0.2, -0.15) is 0 Å². The lowest BCUT2D eigenvalue weighted by molar-refractivity contribution is 0.210. The first-order valence-corrected chi connectivity index (χ1v) is 6.29. The lowest BCUT2D eigenvalue weighted by Gasteiger charge is -2.26. The molecule has 0 aliphatic carbocycles. The summed E-state index contributed by atoms with van der Waals surface area (Å²) >= 11 is 0. The Kier molecular flexibility index (Phi) is 3.40. The molecule has 1 heterocycles. The maximum absolute atomic E-state index is 9.32. The van der Waals surface area contributed by atoms with Crippen molar-refractivity contribution in [3.8, 4) is 0 Å². The van der Waals surface area contributed by atoms with Gasteiger partial charge in [0.15, 0.2) is 0 Å². The molecule has 1 aliphatic rings. The number of rotatable bonds is 3. The van der Waals surface area contributed by atoms with E-state index in [9.17, 15) is 5.11 Å². The van der Waals surface area contributed by atoms with Gasteiger partial charge in [-0.05, 0) is 24.0 Å². The molecule has 1 atom stereocenters. The van der Waals surface area contributed by atoms with Crippen LogP contribution < -0.4 is 10.6 Å². The van der Waals surface area contributed by atoms with Crippen LogP contribution >= 0.6 is 0 Å². The zero-order valence-electron chi connectivity index (χ0n) is 10.7. The Labute approximate surface area is 103 Å². The van der Waals surface area contributed by atoms with Gasteiger partial charge >= 0.3 is 0 Å². The van der Waals surface area contributed by atoms with Crippen LogP contribution in [0, 0.1) is 0 Å². The Morgan fingerprint density at radius 2 is 2.12 bits per heavy atom. The van der Waals surface area contributed by atoms with E-state index in [2.05, 4.69) is 43.0 Å². The molecule has 0 aromatic heterocycles. The van der Waals surface area contributed by atoms with Crippen molar-refractivity contribution in [1.29, 1.82) is 0 Å². The van der Waals surface area contributed by atoms with E-state index in [-0.39, 0.29) is 6.61 Å². The van der Waals surface area contributed by atoms with Gasteiger partial charge in [-0.1, -0.05) is 32.0 Å². The summed E-state index contributed by atoms with van der Waals surface area (Å²) in [5.41, 5.74) is 8.32. The fourth-order valence-corrected chi connectivity index (χ4v) is 2.49. The molecule has 1 unspecified atom stereocenters. The number of benzene rings is 1. The molecule has 94 valence electrons. The topological polar surface area (TPSA) is 49.5 Å². The van der Waals surface area contributed by atoms with Crippen LogP contribution in [0.5, 0.6) is 0 Å². The zero-order chi connectivity index (χ0) is 12.5. The summed E-state index contributed by atoms with van der Waals surface area (Å²) in [6, 6.07) is 8.47. The van der Waals surface area contributed by atoms with Gasteiger partial charge in [-0.15, -0.1) is 0 Å². The van der Waals surface area contributed by atoms with E-state index >= 15 is 0 Å². The molecule has 0 radical (unpaired) electrons. The van der Waals surface area contributed by atoms with Crippen molar-refractivity contribution in [1.82, 2.24) is 0 Å². The number of aliphatic hydroxyl groups excluding tert-OH is 1. The first-order valence-electron chi connectivity index (χ1n) is 6.29. The van der Waals surface area contributed by atoms with Gasteiger partial charge in [-0.3, -0.25) is 0 Å². The molecule has 3 heteroatoms. The van der Waals surface area contributed by atoms with Gasteiger partial charge in [0, 0.05) is 18.8 Å². The molecule has 0 saturated carbocycles. The predicted octanol–water partition coefficient (Wildman–Crippen LogP) is 1.71. The van der Waals surface area contributed by atoms with Gasteiger partial charge in [0.25, 0.3) is 0 Å². The van der Waals surface area contributed by atoms with Crippen LogP contribution in [0.3, 0.4) is 0 Å². The number of nitrogens with zero attached hydrogens (tertiary/aromatic N) is 1. The predicted molar refractivity (Wildman–Crippen MR) is 71.4 cm³/mol. The van der Waals surface area contributed by atoms with Crippen molar-refractivity contribution in [3.63, 3.8) is 0 Å². The van der Waals surface area contributed by atoms with Crippen LogP contribution in [0.4, 0.5) is 5.69 Å². The van der Waals surface area contributed by atoms with E-state index in [0.717, 1.165) is 19.5 Å². The molecule has 0 spiro atoms. The molecule has 3 nitrogen and oxygen atoms in total. The van der Waals surface area contributed by atoms with Crippen LogP contribution in [0.2, 0.25) is 0 Å². The Morgan fingerprint density at radius 3 is 2.71 bits per heavy atom. The summed E-state index contributed by atoms with van der Waals surface area (Å²) in [6.07, 6.45) is 0.857. The second kappa shape index (κ2) is 4.67. The third kappa shape index (κ3) is 2.45. The number of hydrogen-bond acceptors (Lipinski definition) is 3. The van der Waals surface area contributed by atoms with Crippen molar-refractivity contribution in [2.24, 2.45) is 5.73 Å². The third-order valence-electron chi connectivity index (χ3n) is 3.60. The van der Waals surface area contributed by atoms with E-state index in [4.69, 9.17) is 5.73 Å². The highest BCUT2D eigenvalue weighted by Gasteiger charge is 2.34. The largest absolute Gasteiger partial charge is 0.394 e. The van der Waals surface area contributed by atoms with Crippen molar-refractivity contribution >= 4 is 5.69 Å². The minimum Gasteiger partial charge on any atom is -0.394 e. The fourth-order valence-electron chi connectivity index (χ4n) is 2.49. The van der Waals surface area contributed by atoms with Crippen LogP contribution in [-0.4, -0.2) is 30.3 Å². The van der Waals surface area contributed by atoms with Gasteiger partial charge < -0.3 is 15.7 Å². The van der Waals surface area contributed by atoms with Crippen LogP contribution in [0.25, 0.3) is 0 Å². The molecule has 17 heavy (non-hydrogen) atoms. The van der Waals surface area contributed by atoms with Gasteiger partial charge in [0.05, 0.1) is 12.1 Å². The summed E-state index contributed by atoms with van der Waals surface area (Å²) < 4.78 is 0. The lowest BCUT2D eigenvalue weighted by atomic mass is 10.00. The highest BCUT2D eigenvalue weighted by molar-refractivity contribution is 5.56. The first kappa shape index (κ1) is 12.4. The Hall–Kier alpha value is -1.06. The number of para-hydroxylation sites is 1. The molecular formula is C14H22N2O. The number of hydrogen-bond donors (Lipinski definition) is 2. The first-order chi connectivity index (χ1) is 8.06. The van der Waals surface area contributed by atoms with Crippen LogP contribution in [-0.2, 0) is 0 Å². The molecule has 1 aromatic rings. The summed E-state index contributed by atoms with van der Waals surface area (Å²) in [7, 11) is 0. The smallest absolute Gasteiger partial charge is 0.0629 e. The zero-order valence-corrected chi connectivity index (χ0v) is 10.7. The Bertz CT molecular complexity index is 392. The monoisotopic (exact) mass is 234 g/mol. The van der Waals surface area contributed by atoms with Crippen molar-refractivity contribution in [2.75, 3.05) is 24.6 Å². The number of anilines is 1. The number of nitrogens with two attached hydrogens (primary N) is 1. The van der Waals surface area contributed by atoms with E-state index in [1.54, 1.807) is 0 Å². The minimum absolute atomic E-state index is 0.0628. The molecule has 1 aliphatic heterocycles. The Balaban J connectivity index is 2.24. The minimum atomic E-state index is -0.426. The highest BCUT2D eigenvalue weighted by Crippen LogP contribution is 2.31. The standard InChI is InChI=1S/C14H22N2O/c1-11(2)12-5-3-4-6-13(12)16-8-7-14(15,9-16)10-17/h3-6,11,17H,7-10,15H2,1-2H3. The van der Waals surface area contributed by atoms with E-state index in [0.29, 0.717) is 5.92 Å². The normalized spacial score (nSPS) is 24.6. The summed E-state index contributed by atoms with van der Waals surface area (Å²) in [4.78, 5) is 2.30. The summed E-state index contributed by atoms with van der Waals surface area (Å²) in [5, 5.41) is 9.32. The average Bonchev–Trinajstić information content (AvgIpc) is 2.73. The van der Waals surface area contributed by atoms with Gasteiger partial charge in [0.2, 0.25) is 0 Å². The van der Waals surface area contributed by atoms with E-state index < -0.39 is 5.54 Å². The maximum Gasteiger partial charge on any atom is 0.0629 e. The number of aliphatic hydroxyl groups is 1. The molecule has 0 amide bonds. The summed E-state index contributed by atoms with van der Waals surface area (Å²) in [5.74, 6) is 0.508. The summed E-state index contributed by atoms with van der Waals surface area (Å²) in [6.45, 7) is 6.15. The molecule has 2 rings (SSSR count). The van der Waals surface area contributed by atoms with Crippen LogP contribution in [0.1, 0.15) is 31.7 Å². The van der Waals surface area contributed by atoms with Crippen molar-refractivity contribution in [3.05, 3.63) is 29.8 Å². The van der Waals surface area contributed by atoms with E-state index in [1.807, 2.05) is 0 Å². The molecule has 1 saturated heterocycles. The molecule has 0 bridgehead atoms. The molecular weight excluding hydrogens is 212 g/mol. The van der Waals surface area contributed by atoms with Gasteiger partial charge in [0.1, 0.15) is 0 Å². The van der Waals surface area contributed by atoms with E-state index in [1.165, 1.54) is 11.3 Å². The fraction of sp³-hybridized carbons (Fsp3) is 0.571. The third-order valence-corrected chi connectivity index (χ3v) is 3.60.